The van der Waals surface area contributed by atoms with Crippen LogP contribution in [0.1, 0.15) is 52.0 Å². The quantitative estimate of drug-likeness (QED) is 0.779. The summed E-state index contributed by atoms with van der Waals surface area (Å²) in [6, 6.07) is 7.38. The van der Waals surface area contributed by atoms with Crippen LogP contribution in [0.4, 0.5) is 0 Å². The summed E-state index contributed by atoms with van der Waals surface area (Å²) in [5, 5.41) is 0.782. The monoisotopic (exact) mass is 312 g/mol. The number of Topliss-reactive ketones (excluding diaryl/α,β-unsaturated/α-hetero) is 1. The fraction of sp³-hybridized carbons (Fsp3) is 0.500. The first-order valence-corrected chi connectivity index (χ1v) is 7.83. The van der Waals surface area contributed by atoms with Crippen LogP contribution in [0, 0.1) is 0 Å². The lowest BCUT2D eigenvalue weighted by atomic mass is 9.91. The molecule has 2 nitrogen and oxygen atoms in total. The lowest BCUT2D eigenvalue weighted by molar-refractivity contribution is -0.117. The lowest BCUT2D eigenvalue weighted by Gasteiger charge is -2.19. The zero-order chi connectivity index (χ0) is 15.3. The van der Waals surface area contributed by atoms with Crippen molar-refractivity contribution < 1.29 is 9.59 Å². The summed E-state index contributed by atoms with van der Waals surface area (Å²) in [5.74, 6) is 0.0330. The van der Waals surface area contributed by atoms with E-state index in [-0.39, 0.29) is 21.6 Å². The average molecular weight is 313 g/mol. The number of hydrogen-bond donors (Lipinski definition) is 0. The summed E-state index contributed by atoms with van der Waals surface area (Å²) in [5.41, 5.74) is 0.993. The van der Waals surface area contributed by atoms with E-state index in [4.69, 9.17) is 11.6 Å². The molecule has 110 valence electrons. The van der Waals surface area contributed by atoms with Gasteiger partial charge in [0.15, 0.2) is 5.12 Å². The standard InChI is InChI=1S/C16H21ClO2S/c1-11(18)9-13(10-15(19)20-16(2,3)4)12-5-7-14(17)8-6-12/h5-8,13H,9-10H2,1-4H3/t13-/m0/s1. The second-order valence-electron chi connectivity index (χ2n) is 5.95. The van der Waals surface area contributed by atoms with Gasteiger partial charge in [-0.1, -0.05) is 56.3 Å². The van der Waals surface area contributed by atoms with Crippen LogP contribution in [-0.4, -0.2) is 15.6 Å². The second-order valence-corrected chi connectivity index (χ2v) is 8.27. The Morgan fingerprint density at radius 3 is 2.15 bits per heavy atom. The fourth-order valence-electron chi connectivity index (χ4n) is 1.97. The van der Waals surface area contributed by atoms with Crippen LogP contribution in [0.15, 0.2) is 24.3 Å². The van der Waals surface area contributed by atoms with E-state index >= 15 is 0 Å². The van der Waals surface area contributed by atoms with Gasteiger partial charge < -0.3 is 4.79 Å². The Morgan fingerprint density at radius 2 is 1.70 bits per heavy atom. The molecule has 20 heavy (non-hydrogen) atoms. The molecule has 0 bridgehead atoms. The number of thioether (sulfide) groups is 1. The summed E-state index contributed by atoms with van der Waals surface area (Å²) < 4.78 is -0.0994. The number of carbonyl (C=O) groups excluding carboxylic acids is 2. The molecule has 0 spiro atoms. The van der Waals surface area contributed by atoms with Crippen LogP contribution in [-0.2, 0) is 9.59 Å². The van der Waals surface area contributed by atoms with Crippen LogP contribution < -0.4 is 0 Å². The van der Waals surface area contributed by atoms with Crippen molar-refractivity contribution in [1.82, 2.24) is 0 Å². The minimum atomic E-state index is -0.0994. The first-order chi connectivity index (χ1) is 9.17. The number of rotatable bonds is 5. The zero-order valence-corrected chi connectivity index (χ0v) is 14.0. The Balaban J connectivity index is 2.82. The fourth-order valence-corrected chi connectivity index (χ4v) is 3.07. The lowest BCUT2D eigenvalue weighted by Crippen LogP contribution is -2.15. The third-order valence-corrected chi connectivity index (χ3v) is 3.97. The molecule has 1 atom stereocenters. The maximum Gasteiger partial charge on any atom is 0.190 e. The SMILES string of the molecule is CC(=O)C[C@@H](CC(=O)SC(C)(C)C)c1ccc(Cl)cc1. The molecule has 4 heteroatoms. The van der Waals surface area contributed by atoms with Crippen molar-refractivity contribution in [3.8, 4) is 0 Å². The minimum absolute atomic E-state index is 0.0629. The summed E-state index contributed by atoms with van der Waals surface area (Å²) in [6.07, 6.45) is 0.765. The van der Waals surface area contributed by atoms with E-state index in [1.165, 1.54) is 11.8 Å². The van der Waals surface area contributed by atoms with Crippen molar-refractivity contribution in [3.63, 3.8) is 0 Å². The highest BCUT2D eigenvalue weighted by atomic mass is 35.5. The van der Waals surface area contributed by atoms with Gasteiger partial charge in [-0.25, -0.2) is 0 Å². The topological polar surface area (TPSA) is 34.1 Å². The Bertz CT molecular complexity index is 474. The minimum Gasteiger partial charge on any atom is -0.300 e. The Hall–Kier alpha value is -0.800. The first-order valence-electron chi connectivity index (χ1n) is 6.64. The molecule has 1 aromatic carbocycles. The molecular weight excluding hydrogens is 292 g/mol. The number of hydrogen-bond acceptors (Lipinski definition) is 3. The molecule has 0 saturated heterocycles. The molecule has 0 aliphatic heterocycles. The molecule has 1 rings (SSSR count). The van der Waals surface area contributed by atoms with Crippen LogP contribution >= 0.6 is 23.4 Å². The van der Waals surface area contributed by atoms with E-state index in [1.54, 1.807) is 19.1 Å². The molecule has 0 amide bonds. The molecule has 1 aromatic rings. The summed E-state index contributed by atoms with van der Waals surface area (Å²) in [7, 11) is 0. The number of carbonyl (C=O) groups is 2. The van der Waals surface area contributed by atoms with E-state index < -0.39 is 0 Å². The highest BCUT2D eigenvalue weighted by Crippen LogP contribution is 2.31. The van der Waals surface area contributed by atoms with E-state index in [9.17, 15) is 9.59 Å². The van der Waals surface area contributed by atoms with Gasteiger partial charge in [-0.2, -0.15) is 0 Å². The van der Waals surface area contributed by atoms with Gasteiger partial charge in [0.25, 0.3) is 0 Å². The molecule has 0 aliphatic rings. The average Bonchev–Trinajstić information content (AvgIpc) is 2.25. The summed E-state index contributed by atoms with van der Waals surface area (Å²) in [4.78, 5) is 23.5. The van der Waals surface area contributed by atoms with Gasteiger partial charge in [0, 0.05) is 22.6 Å². The van der Waals surface area contributed by atoms with Gasteiger partial charge in [-0.3, -0.25) is 4.79 Å². The van der Waals surface area contributed by atoms with Crippen LogP contribution in [0.3, 0.4) is 0 Å². The summed E-state index contributed by atoms with van der Waals surface area (Å²) in [6.45, 7) is 7.60. The Labute approximate surface area is 130 Å². The van der Waals surface area contributed by atoms with Gasteiger partial charge in [-0.15, -0.1) is 0 Å². The van der Waals surface area contributed by atoms with Crippen molar-refractivity contribution in [2.24, 2.45) is 0 Å². The largest absolute Gasteiger partial charge is 0.300 e. The molecule has 0 saturated carbocycles. The van der Waals surface area contributed by atoms with Gasteiger partial charge >= 0.3 is 0 Å². The number of benzene rings is 1. The third-order valence-electron chi connectivity index (χ3n) is 2.71. The molecule has 0 fully saturated rings. The predicted molar refractivity (Wildman–Crippen MR) is 86.5 cm³/mol. The van der Waals surface area contributed by atoms with Crippen molar-refractivity contribution in [1.29, 1.82) is 0 Å². The maximum absolute atomic E-state index is 12.1. The van der Waals surface area contributed by atoms with Crippen molar-refractivity contribution in [3.05, 3.63) is 34.9 Å². The number of halogens is 1. The van der Waals surface area contributed by atoms with Crippen molar-refractivity contribution >= 4 is 34.3 Å². The number of ketones is 1. The van der Waals surface area contributed by atoms with Gasteiger partial charge in [0.05, 0.1) is 0 Å². The maximum atomic E-state index is 12.1. The van der Waals surface area contributed by atoms with Gasteiger partial charge in [-0.05, 0) is 30.5 Å². The Kier molecular flexibility index (Phi) is 6.28. The van der Waals surface area contributed by atoms with Crippen LogP contribution in [0.25, 0.3) is 0 Å². The molecule has 0 radical (unpaired) electrons. The van der Waals surface area contributed by atoms with E-state index in [2.05, 4.69) is 0 Å². The van der Waals surface area contributed by atoms with Gasteiger partial charge in [0.2, 0.25) is 0 Å². The van der Waals surface area contributed by atoms with E-state index in [0.29, 0.717) is 17.9 Å². The van der Waals surface area contributed by atoms with E-state index in [1.807, 2.05) is 32.9 Å². The third kappa shape index (κ3) is 6.58. The highest BCUT2D eigenvalue weighted by molar-refractivity contribution is 8.14. The zero-order valence-electron chi connectivity index (χ0n) is 12.4. The molecule has 0 unspecified atom stereocenters. The summed E-state index contributed by atoms with van der Waals surface area (Å²) >= 11 is 7.21. The highest BCUT2D eigenvalue weighted by Gasteiger charge is 2.22. The molecule has 0 heterocycles. The molecule has 0 N–H and O–H groups in total. The molecule has 0 aromatic heterocycles. The first kappa shape index (κ1) is 17.3. The van der Waals surface area contributed by atoms with Crippen molar-refractivity contribution in [2.45, 2.75) is 51.2 Å². The normalized spacial score (nSPS) is 13.1. The molecule has 0 aliphatic carbocycles. The van der Waals surface area contributed by atoms with Crippen molar-refractivity contribution in [2.75, 3.05) is 0 Å². The second kappa shape index (κ2) is 7.28. The predicted octanol–water partition coefficient (Wildman–Crippen LogP) is 4.85. The van der Waals surface area contributed by atoms with Gasteiger partial charge in [0.1, 0.15) is 5.78 Å². The smallest absolute Gasteiger partial charge is 0.190 e. The van der Waals surface area contributed by atoms with E-state index in [0.717, 1.165) is 5.56 Å². The molecular formula is C16H21ClO2S. The Morgan fingerprint density at radius 1 is 1.15 bits per heavy atom. The van der Waals surface area contributed by atoms with Crippen LogP contribution in [0.5, 0.6) is 0 Å². The van der Waals surface area contributed by atoms with Crippen LogP contribution in [0.2, 0.25) is 5.02 Å².